The van der Waals surface area contributed by atoms with E-state index < -0.39 is 0 Å². The summed E-state index contributed by atoms with van der Waals surface area (Å²) >= 11 is 0. The maximum absolute atomic E-state index is 12.5. The van der Waals surface area contributed by atoms with E-state index in [1.807, 2.05) is 19.1 Å². The second kappa shape index (κ2) is 6.01. The summed E-state index contributed by atoms with van der Waals surface area (Å²) < 4.78 is 1.77. The number of amides is 1. The molecule has 2 aromatic rings. The van der Waals surface area contributed by atoms with Gasteiger partial charge in [-0.15, -0.1) is 5.10 Å². The number of nitrogens with one attached hydrogen (secondary N) is 1. The molecule has 7 nitrogen and oxygen atoms in total. The molecule has 110 valence electrons. The molecular weight excluding hydrogens is 268 g/mol. The van der Waals surface area contributed by atoms with Crippen molar-refractivity contribution in [1.29, 1.82) is 0 Å². The number of pyridine rings is 1. The highest BCUT2D eigenvalue weighted by Crippen LogP contribution is 2.12. The van der Waals surface area contributed by atoms with Gasteiger partial charge in [0.25, 0.3) is 5.91 Å². The molecule has 2 aromatic heterocycles. The van der Waals surface area contributed by atoms with Crippen molar-refractivity contribution in [3.05, 3.63) is 42.0 Å². The van der Waals surface area contributed by atoms with Crippen LogP contribution in [0, 0.1) is 0 Å². The Balaban J connectivity index is 1.71. The summed E-state index contributed by atoms with van der Waals surface area (Å²) in [5.74, 6) is -0.0900. The first kappa shape index (κ1) is 13.7. The van der Waals surface area contributed by atoms with E-state index in [1.54, 1.807) is 28.2 Å². The number of carbonyl (C=O) groups excluding carboxylic acids is 1. The van der Waals surface area contributed by atoms with Crippen LogP contribution in [-0.2, 0) is 6.54 Å². The van der Waals surface area contributed by atoms with Crippen molar-refractivity contribution in [2.75, 3.05) is 19.6 Å². The van der Waals surface area contributed by atoms with Crippen LogP contribution in [0.2, 0.25) is 0 Å². The van der Waals surface area contributed by atoms with Crippen LogP contribution < -0.4 is 5.32 Å². The Morgan fingerprint density at radius 1 is 1.43 bits per heavy atom. The van der Waals surface area contributed by atoms with Crippen molar-refractivity contribution in [3.8, 4) is 0 Å². The Morgan fingerprint density at radius 3 is 2.81 bits per heavy atom. The summed E-state index contributed by atoms with van der Waals surface area (Å²) in [6.45, 7) is 4.89. The Hall–Kier alpha value is -2.28. The maximum Gasteiger partial charge on any atom is 0.276 e. The first-order valence-corrected chi connectivity index (χ1v) is 7.08. The molecule has 1 saturated heterocycles. The van der Waals surface area contributed by atoms with Gasteiger partial charge in [0.15, 0.2) is 5.69 Å². The van der Waals surface area contributed by atoms with Crippen molar-refractivity contribution in [1.82, 2.24) is 30.2 Å². The monoisotopic (exact) mass is 286 g/mol. The lowest BCUT2D eigenvalue weighted by atomic mass is 10.2. The zero-order chi connectivity index (χ0) is 14.7. The number of rotatable bonds is 5. The Bertz CT molecular complexity index is 607. The summed E-state index contributed by atoms with van der Waals surface area (Å²) in [6.07, 6.45) is 5.20. The molecule has 1 aliphatic rings. The van der Waals surface area contributed by atoms with E-state index in [0.717, 1.165) is 18.7 Å². The zero-order valence-electron chi connectivity index (χ0n) is 11.9. The molecule has 0 unspecified atom stereocenters. The molecule has 0 saturated carbocycles. The van der Waals surface area contributed by atoms with Gasteiger partial charge in [0.2, 0.25) is 0 Å². The number of nitrogens with zero attached hydrogens (tertiary/aromatic N) is 5. The summed E-state index contributed by atoms with van der Waals surface area (Å²) in [6, 6.07) is 4.13. The van der Waals surface area contributed by atoms with Gasteiger partial charge in [-0.1, -0.05) is 5.21 Å². The van der Waals surface area contributed by atoms with E-state index in [4.69, 9.17) is 0 Å². The molecule has 3 rings (SSSR count). The molecule has 7 heteroatoms. The average Bonchev–Trinajstić information content (AvgIpc) is 2.92. The average molecular weight is 286 g/mol. The Morgan fingerprint density at radius 2 is 2.19 bits per heavy atom. The van der Waals surface area contributed by atoms with E-state index in [0.29, 0.717) is 24.8 Å². The van der Waals surface area contributed by atoms with Gasteiger partial charge in [0.1, 0.15) is 0 Å². The largest absolute Gasteiger partial charge is 0.333 e. The van der Waals surface area contributed by atoms with Crippen LogP contribution in [0.25, 0.3) is 0 Å². The van der Waals surface area contributed by atoms with Crippen LogP contribution >= 0.6 is 0 Å². The lowest BCUT2D eigenvalue weighted by Crippen LogP contribution is -2.43. The summed E-state index contributed by atoms with van der Waals surface area (Å²) in [7, 11) is 0. The van der Waals surface area contributed by atoms with E-state index in [2.05, 4.69) is 20.6 Å². The van der Waals surface area contributed by atoms with Crippen molar-refractivity contribution in [2.24, 2.45) is 0 Å². The molecule has 1 amide bonds. The quantitative estimate of drug-likeness (QED) is 0.865. The molecule has 0 aliphatic carbocycles. The lowest BCUT2D eigenvalue weighted by Gasteiger charge is -2.26. The topological polar surface area (TPSA) is 75.9 Å². The Labute approximate surface area is 123 Å². The van der Waals surface area contributed by atoms with Crippen molar-refractivity contribution >= 4 is 5.91 Å². The predicted octanol–water partition coefficient (Wildman–Crippen LogP) is 0.480. The summed E-state index contributed by atoms with van der Waals surface area (Å²) in [5.41, 5.74) is 1.45. The van der Waals surface area contributed by atoms with Gasteiger partial charge in [-0.25, -0.2) is 4.68 Å². The van der Waals surface area contributed by atoms with Gasteiger partial charge in [-0.2, -0.15) is 0 Å². The SMILES string of the molecule is CCN(Cc1ccncc1)C(=O)c1cn(C2CNC2)nn1. The third-order valence-corrected chi connectivity index (χ3v) is 3.66. The normalized spacial score (nSPS) is 14.7. The highest BCUT2D eigenvalue weighted by atomic mass is 16.2. The minimum absolute atomic E-state index is 0.0900. The van der Waals surface area contributed by atoms with E-state index in [9.17, 15) is 4.79 Å². The number of carbonyl (C=O) groups is 1. The standard InChI is InChI=1S/C14H18N6O/c1-2-19(9-11-3-5-15-6-4-11)14(21)13-10-20(18-17-13)12-7-16-8-12/h3-6,10,12,16H,2,7-9H2,1H3. The van der Waals surface area contributed by atoms with Gasteiger partial charge < -0.3 is 10.2 Å². The molecule has 0 radical (unpaired) electrons. The zero-order valence-corrected chi connectivity index (χ0v) is 11.9. The van der Waals surface area contributed by atoms with E-state index >= 15 is 0 Å². The highest BCUT2D eigenvalue weighted by Gasteiger charge is 2.23. The minimum atomic E-state index is -0.0900. The number of hydrogen-bond acceptors (Lipinski definition) is 5. The molecule has 0 bridgehead atoms. The maximum atomic E-state index is 12.5. The van der Waals surface area contributed by atoms with Crippen LogP contribution in [0.1, 0.15) is 29.0 Å². The third kappa shape index (κ3) is 2.92. The van der Waals surface area contributed by atoms with Crippen molar-refractivity contribution in [2.45, 2.75) is 19.5 Å². The number of hydrogen-bond donors (Lipinski definition) is 1. The molecular formula is C14H18N6O. The lowest BCUT2D eigenvalue weighted by molar-refractivity contribution is 0.0746. The Kier molecular flexibility index (Phi) is 3.92. The first-order valence-electron chi connectivity index (χ1n) is 7.08. The molecule has 0 aromatic carbocycles. The fraction of sp³-hybridized carbons (Fsp3) is 0.429. The summed E-state index contributed by atoms with van der Waals surface area (Å²) in [4.78, 5) is 18.2. The minimum Gasteiger partial charge on any atom is -0.333 e. The van der Waals surface area contributed by atoms with Crippen LogP contribution in [0.5, 0.6) is 0 Å². The van der Waals surface area contributed by atoms with Gasteiger partial charge in [-0.05, 0) is 24.6 Å². The van der Waals surface area contributed by atoms with Crippen molar-refractivity contribution < 1.29 is 4.79 Å². The van der Waals surface area contributed by atoms with Crippen LogP contribution in [0.3, 0.4) is 0 Å². The van der Waals surface area contributed by atoms with Gasteiger partial charge >= 0.3 is 0 Å². The second-order valence-corrected chi connectivity index (χ2v) is 5.07. The predicted molar refractivity (Wildman–Crippen MR) is 76.6 cm³/mol. The van der Waals surface area contributed by atoms with Gasteiger partial charge in [0.05, 0.1) is 12.2 Å². The fourth-order valence-corrected chi connectivity index (χ4v) is 2.21. The van der Waals surface area contributed by atoms with Crippen molar-refractivity contribution in [3.63, 3.8) is 0 Å². The molecule has 0 atom stereocenters. The van der Waals surface area contributed by atoms with E-state index in [-0.39, 0.29) is 5.91 Å². The van der Waals surface area contributed by atoms with Gasteiger partial charge in [0, 0.05) is 38.6 Å². The first-order chi connectivity index (χ1) is 10.3. The molecule has 1 fully saturated rings. The third-order valence-electron chi connectivity index (χ3n) is 3.66. The smallest absolute Gasteiger partial charge is 0.276 e. The molecule has 21 heavy (non-hydrogen) atoms. The molecule has 1 N–H and O–H groups in total. The molecule has 3 heterocycles. The van der Waals surface area contributed by atoms with Crippen LogP contribution in [0.15, 0.2) is 30.7 Å². The second-order valence-electron chi connectivity index (χ2n) is 5.07. The molecule has 0 spiro atoms. The highest BCUT2D eigenvalue weighted by molar-refractivity contribution is 5.91. The van der Waals surface area contributed by atoms with Crippen LogP contribution in [-0.4, -0.2) is 50.4 Å². The van der Waals surface area contributed by atoms with E-state index in [1.165, 1.54) is 0 Å². The summed E-state index contributed by atoms with van der Waals surface area (Å²) in [5, 5.41) is 11.2. The number of aromatic nitrogens is 4. The van der Waals surface area contributed by atoms with Gasteiger partial charge in [-0.3, -0.25) is 9.78 Å². The molecule has 1 aliphatic heterocycles. The van der Waals surface area contributed by atoms with Crippen LogP contribution in [0.4, 0.5) is 0 Å². The fourth-order valence-electron chi connectivity index (χ4n) is 2.21.